The Bertz CT molecular complexity index is 862. The highest BCUT2D eigenvalue weighted by Gasteiger charge is 2.57. The normalized spacial score (nSPS) is 24.9. The lowest BCUT2D eigenvalue weighted by Gasteiger charge is -2.36. The number of rotatable bonds is 4. The Labute approximate surface area is 161 Å². The number of hydrogen-bond donors (Lipinski definition) is 2. The van der Waals surface area contributed by atoms with Crippen LogP contribution < -0.4 is 10.6 Å². The topological polar surface area (TPSA) is 83.6 Å². The number of halogens is 1. The molecule has 2 aliphatic heterocycles. The maximum absolute atomic E-state index is 13.2. The van der Waals surface area contributed by atoms with Gasteiger partial charge in [0, 0.05) is 44.3 Å². The molecule has 0 saturated carbocycles. The Hall–Kier alpha value is -2.84. The monoisotopic (exact) mass is 384 g/mol. The van der Waals surface area contributed by atoms with Crippen molar-refractivity contribution in [3.05, 3.63) is 60.2 Å². The van der Waals surface area contributed by atoms with Gasteiger partial charge >= 0.3 is 0 Å². The number of morpholine rings is 1. The standard InChI is InChI=1S/C20H21FN4O3/c21-15-3-1-14(2-4-15)11-25-12-17(18(26)24-16-5-7-22-8-6-16)20(13-25)19(27)23-9-10-28-20/h1-8,17H,9-13H2,(H,23,27)(H,22,24,26)/t17-,20-/m1/s1. The van der Waals surface area contributed by atoms with Crippen LogP contribution in [0.25, 0.3) is 0 Å². The smallest absolute Gasteiger partial charge is 0.254 e. The quantitative estimate of drug-likeness (QED) is 0.827. The molecule has 2 saturated heterocycles. The lowest BCUT2D eigenvalue weighted by molar-refractivity contribution is -0.162. The van der Waals surface area contributed by atoms with E-state index in [9.17, 15) is 14.0 Å². The van der Waals surface area contributed by atoms with Crippen molar-refractivity contribution in [1.82, 2.24) is 15.2 Å². The van der Waals surface area contributed by atoms with Crippen LogP contribution in [-0.4, -0.2) is 53.5 Å². The molecule has 2 N–H and O–H groups in total. The predicted octanol–water partition coefficient (Wildman–Crippen LogP) is 1.18. The van der Waals surface area contributed by atoms with E-state index in [0.717, 1.165) is 5.56 Å². The first-order chi connectivity index (χ1) is 13.6. The first-order valence-electron chi connectivity index (χ1n) is 9.17. The number of amides is 2. The average Bonchev–Trinajstić information content (AvgIpc) is 3.06. The van der Waals surface area contributed by atoms with Crippen LogP contribution in [0.4, 0.5) is 10.1 Å². The number of aromatic nitrogens is 1. The minimum Gasteiger partial charge on any atom is -0.361 e. The van der Waals surface area contributed by atoms with Gasteiger partial charge in [0.15, 0.2) is 5.60 Å². The van der Waals surface area contributed by atoms with Crippen LogP contribution in [0.1, 0.15) is 5.56 Å². The van der Waals surface area contributed by atoms with Gasteiger partial charge in [-0.3, -0.25) is 19.5 Å². The molecule has 2 aliphatic rings. The molecule has 1 spiro atoms. The minimum atomic E-state index is -1.23. The second-order valence-corrected chi connectivity index (χ2v) is 7.07. The van der Waals surface area contributed by atoms with E-state index in [1.165, 1.54) is 12.1 Å². The molecule has 28 heavy (non-hydrogen) atoms. The van der Waals surface area contributed by atoms with Crippen LogP contribution in [0, 0.1) is 11.7 Å². The lowest BCUT2D eigenvalue weighted by atomic mass is 9.87. The van der Waals surface area contributed by atoms with E-state index >= 15 is 0 Å². The van der Waals surface area contributed by atoms with E-state index in [4.69, 9.17) is 4.74 Å². The SMILES string of the molecule is O=C(Nc1ccncc1)[C@H]1CN(Cc2ccc(F)cc2)C[C@@]12OCCNC2=O. The highest BCUT2D eigenvalue weighted by Crippen LogP contribution is 2.35. The van der Waals surface area contributed by atoms with Crippen LogP contribution in [0.3, 0.4) is 0 Å². The Balaban J connectivity index is 1.56. The van der Waals surface area contributed by atoms with Crippen LogP contribution in [0.15, 0.2) is 48.8 Å². The van der Waals surface area contributed by atoms with Crippen LogP contribution in [0.2, 0.25) is 0 Å². The molecule has 0 unspecified atom stereocenters. The van der Waals surface area contributed by atoms with E-state index in [-0.39, 0.29) is 17.6 Å². The van der Waals surface area contributed by atoms with Gasteiger partial charge < -0.3 is 15.4 Å². The molecule has 0 aliphatic carbocycles. The largest absolute Gasteiger partial charge is 0.361 e. The molecule has 0 radical (unpaired) electrons. The molecule has 4 rings (SSSR count). The molecular weight excluding hydrogens is 363 g/mol. The van der Waals surface area contributed by atoms with Crippen molar-refractivity contribution in [3.8, 4) is 0 Å². The summed E-state index contributed by atoms with van der Waals surface area (Å²) in [6, 6.07) is 9.59. The van der Waals surface area contributed by atoms with E-state index in [1.807, 2.05) is 4.90 Å². The number of carbonyl (C=O) groups is 2. The van der Waals surface area contributed by atoms with Gasteiger partial charge in [-0.1, -0.05) is 12.1 Å². The molecule has 8 heteroatoms. The third kappa shape index (κ3) is 3.61. The van der Waals surface area contributed by atoms with Gasteiger partial charge in [0.25, 0.3) is 5.91 Å². The highest BCUT2D eigenvalue weighted by atomic mass is 19.1. The average molecular weight is 384 g/mol. The summed E-state index contributed by atoms with van der Waals surface area (Å²) >= 11 is 0. The second kappa shape index (κ2) is 7.65. The Morgan fingerprint density at radius 3 is 2.75 bits per heavy atom. The third-order valence-corrected chi connectivity index (χ3v) is 5.18. The molecule has 1 aromatic heterocycles. The van der Waals surface area contributed by atoms with E-state index in [2.05, 4.69) is 15.6 Å². The van der Waals surface area contributed by atoms with Crippen molar-refractivity contribution in [3.63, 3.8) is 0 Å². The number of benzene rings is 1. The summed E-state index contributed by atoms with van der Waals surface area (Å²) in [5.74, 6) is -1.51. The maximum Gasteiger partial charge on any atom is 0.254 e. The number of nitrogens with zero attached hydrogens (tertiary/aromatic N) is 2. The first kappa shape index (κ1) is 18.5. The number of anilines is 1. The number of likely N-dealkylation sites (tertiary alicyclic amines) is 1. The van der Waals surface area contributed by atoms with Crippen molar-refractivity contribution in [2.75, 3.05) is 31.6 Å². The number of nitrogens with one attached hydrogen (secondary N) is 2. The molecule has 2 fully saturated rings. The molecule has 146 valence electrons. The van der Waals surface area contributed by atoms with Gasteiger partial charge in [0.05, 0.1) is 12.5 Å². The van der Waals surface area contributed by atoms with Crippen molar-refractivity contribution < 1.29 is 18.7 Å². The summed E-state index contributed by atoms with van der Waals surface area (Å²) in [7, 11) is 0. The fourth-order valence-corrected chi connectivity index (χ4v) is 3.83. The number of pyridine rings is 1. The van der Waals surface area contributed by atoms with Gasteiger partial charge in [-0.15, -0.1) is 0 Å². The Morgan fingerprint density at radius 2 is 2.04 bits per heavy atom. The molecule has 2 aromatic rings. The van der Waals surface area contributed by atoms with E-state index in [1.54, 1.807) is 36.7 Å². The van der Waals surface area contributed by atoms with Gasteiger partial charge in [-0.25, -0.2) is 4.39 Å². The van der Waals surface area contributed by atoms with Crippen molar-refractivity contribution in [1.29, 1.82) is 0 Å². The van der Waals surface area contributed by atoms with Gasteiger partial charge in [0.2, 0.25) is 5.91 Å². The van der Waals surface area contributed by atoms with Gasteiger partial charge in [-0.05, 0) is 29.8 Å². The van der Waals surface area contributed by atoms with Crippen molar-refractivity contribution >= 4 is 17.5 Å². The fourth-order valence-electron chi connectivity index (χ4n) is 3.83. The van der Waals surface area contributed by atoms with E-state index < -0.39 is 11.5 Å². The minimum absolute atomic E-state index is 0.268. The number of hydrogen-bond acceptors (Lipinski definition) is 5. The van der Waals surface area contributed by atoms with Crippen LogP contribution >= 0.6 is 0 Å². The van der Waals surface area contributed by atoms with Crippen LogP contribution in [-0.2, 0) is 20.9 Å². The predicted molar refractivity (Wildman–Crippen MR) is 99.7 cm³/mol. The Kier molecular flexibility index (Phi) is 5.06. The lowest BCUT2D eigenvalue weighted by Crippen LogP contribution is -2.61. The zero-order chi connectivity index (χ0) is 19.6. The summed E-state index contributed by atoms with van der Waals surface area (Å²) in [5.41, 5.74) is 0.293. The molecule has 2 amide bonds. The third-order valence-electron chi connectivity index (χ3n) is 5.18. The van der Waals surface area contributed by atoms with E-state index in [0.29, 0.717) is 38.5 Å². The molecule has 7 nitrogen and oxygen atoms in total. The van der Waals surface area contributed by atoms with Gasteiger partial charge in [0.1, 0.15) is 5.82 Å². The Morgan fingerprint density at radius 1 is 1.29 bits per heavy atom. The fraction of sp³-hybridized carbons (Fsp3) is 0.350. The summed E-state index contributed by atoms with van der Waals surface area (Å²) in [6.07, 6.45) is 3.18. The number of carbonyl (C=O) groups excluding carboxylic acids is 2. The zero-order valence-corrected chi connectivity index (χ0v) is 15.2. The molecule has 0 bridgehead atoms. The van der Waals surface area contributed by atoms with Crippen molar-refractivity contribution in [2.24, 2.45) is 5.92 Å². The second-order valence-electron chi connectivity index (χ2n) is 7.07. The molecule has 2 atom stereocenters. The molecule has 3 heterocycles. The van der Waals surface area contributed by atoms with Crippen LogP contribution in [0.5, 0.6) is 0 Å². The molecule has 1 aromatic carbocycles. The first-order valence-corrected chi connectivity index (χ1v) is 9.17. The molecular formula is C20H21FN4O3. The number of ether oxygens (including phenoxy) is 1. The highest BCUT2D eigenvalue weighted by molar-refractivity contribution is 6.00. The van der Waals surface area contributed by atoms with Crippen molar-refractivity contribution in [2.45, 2.75) is 12.1 Å². The summed E-state index contributed by atoms with van der Waals surface area (Å²) < 4.78 is 19.1. The summed E-state index contributed by atoms with van der Waals surface area (Å²) in [6.45, 7) is 1.94. The van der Waals surface area contributed by atoms with Gasteiger partial charge in [-0.2, -0.15) is 0 Å². The zero-order valence-electron chi connectivity index (χ0n) is 15.2. The maximum atomic E-state index is 13.2. The summed E-state index contributed by atoms with van der Waals surface area (Å²) in [5, 5.41) is 5.68. The summed E-state index contributed by atoms with van der Waals surface area (Å²) in [4.78, 5) is 31.7.